The molecule has 1 atom stereocenters. The first-order valence-electron chi connectivity index (χ1n) is 5.54. The zero-order valence-electron chi connectivity index (χ0n) is 9.65. The van der Waals surface area contributed by atoms with Gasteiger partial charge in [-0.1, -0.05) is 6.92 Å². The van der Waals surface area contributed by atoms with Gasteiger partial charge in [-0.05, 0) is 18.2 Å². The van der Waals surface area contributed by atoms with Crippen molar-refractivity contribution in [2.45, 2.75) is 12.2 Å². The van der Waals surface area contributed by atoms with E-state index in [1.54, 1.807) is 4.90 Å². The molecule has 0 radical (unpaired) electrons. The van der Waals surface area contributed by atoms with Crippen molar-refractivity contribution in [2.24, 2.45) is 0 Å². The third kappa shape index (κ3) is 2.72. The molecule has 1 fully saturated rings. The first kappa shape index (κ1) is 12.2. The van der Waals surface area contributed by atoms with Gasteiger partial charge in [-0.2, -0.15) is 11.8 Å². The van der Waals surface area contributed by atoms with Crippen LogP contribution in [0, 0.1) is 5.82 Å². The highest BCUT2D eigenvalue weighted by molar-refractivity contribution is 7.99. The Morgan fingerprint density at radius 2 is 2.35 bits per heavy atom. The first-order valence-corrected chi connectivity index (χ1v) is 6.58. The van der Waals surface area contributed by atoms with Crippen LogP contribution >= 0.6 is 11.8 Å². The van der Waals surface area contributed by atoms with Gasteiger partial charge in [-0.3, -0.25) is 4.79 Å². The third-order valence-corrected chi connectivity index (χ3v) is 3.91. The van der Waals surface area contributed by atoms with Crippen molar-refractivity contribution < 1.29 is 9.18 Å². The van der Waals surface area contributed by atoms with Crippen molar-refractivity contribution in [1.82, 2.24) is 4.90 Å². The smallest absolute Gasteiger partial charge is 0.253 e. The number of rotatable bonds is 1. The Balaban J connectivity index is 2.15. The molecule has 2 rings (SSSR count). The summed E-state index contributed by atoms with van der Waals surface area (Å²) in [6.45, 7) is 3.58. The molecular formula is C12H15FN2OS. The summed E-state index contributed by atoms with van der Waals surface area (Å²) < 4.78 is 13.0. The molecule has 0 spiro atoms. The average molecular weight is 254 g/mol. The van der Waals surface area contributed by atoms with Gasteiger partial charge in [0.2, 0.25) is 0 Å². The summed E-state index contributed by atoms with van der Waals surface area (Å²) >= 11 is 1.86. The SMILES string of the molecule is CC1CN(C(=O)c2ccc(F)c(N)c2)CCS1. The van der Waals surface area contributed by atoms with E-state index in [0.29, 0.717) is 10.8 Å². The number of thioether (sulfide) groups is 1. The zero-order valence-corrected chi connectivity index (χ0v) is 10.5. The summed E-state index contributed by atoms with van der Waals surface area (Å²) in [6.07, 6.45) is 0. The molecule has 17 heavy (non-hydrogen) atoms. The molecule has 2 N–H and O–H groups in total. The highest BCUT2D eigenvalue weighted by Gasteiger charge is 2.22. The lowest BCUT2D eigenvalue weighted by molar-refractivity contribution is 0.0763. The molecule has 1 heterocycles. The number of anilines is 1. The van der Waals surface area contributed by atoms with E-state index >= 15 is 0 Å². The third-order valence-electron chi connectivity index (χ3n) is 2.77. The van der Waals surface area contributed by atoms with E-state index in [1.165, 1.54) is 18.2 Å². The summed E-state index contributed by atoms with van der Waals surface area (Å²) in [6, 6.07) is 4.13. The van der Waals surface area contributed by atoms with Gasteiger partial charge in [0, 0.05) is 29.7 Å². The second-order valence-corrected chi connectivity index (χ2v) is 5.72. The fourth-order valence-corrected chi connectivity index (χ4v) is 2.88. The molecule has 0 bridgehead atoms. The first-order chi connectivity index (χ1) is 8.08. The van der Waals surface area contributed by atoms with Crippen molar-refractivity contribution in [3.8, 4) is 0 Å². The molecule has 1 saturated heterocycles. The summed E-state index contributed by atoms with van der Waals surface area (Å²) in [5, 5.41) is 0.450. The Morgan fingerprint density at radius 1 is 1.59 bits per heavy atom. The van der Waals surface area contributed by atoms with E-state index in [0.717, 1.165) is 18.8 Å². The maximum atomic E-state index is 13.0. The molecule has 1 unspecified atom stereocenters. The molecule has 1 aromatic carbocycles. The number of hydrogen-bond acceptors (Lipinski definition) is 3. The second-order valence-electron chi connectivity index (χ2n) is 4.17. The standard InChI is InChI=1S/C12H15FN2OS/c1-8-7-15(4-5-17-8)12(16)9-2-3-10(13)11(14)6-9/h2-3,6,8H,4-5,7,14H2,1H3. The number of hydrogen-bond donors (Lipinski definition) is 1. The number of nitrogen functional groups attached to an aromatic ring is 1. The van der Waals surface area contributed by atoms with E-state index in [4.69, 9.17) is 5.73 Å². The van der Waals surface area contributed by atoms with E-state index in [1.807, 2.05) is 11.8 Å². The number of nitrogens with zero attached hydrogens (tertiary/aromatic N) is 1. The van der Waals surface area contributed by atoms with Crippen LogP contribution in [-0.2, 0) is 0 Å². The average Bonchev–Trinajstić information content (AvgIpc) is 2.32. The normalized spacial score (nSPS) is 20.4. The van der Waals surface area contributed by atoms with Crippen molar-refractivity contribution in [1.29, 1.82) is 0 Å². The van der Waals surface area contributed by atoms with E-state index in [-0.39, 0.29) is 11.6 Å². The van der Waals surface area contributed by atoms with Crippen molar-refractivity contribution in [3.05, 3.63) is 29.6 Å². The van der Waals surface area contributed by atoms with E-state index in [9.17, 15) is 9.18 Å². The number of benzene rings is 1. The molecule has 1 aliphatic heterocycles. The van der Waals surface area contributed by atoms with Gasteiger partial charge in [0.1, 0.15) is 5.82 Å². The Kier molecular flexibility index (Phi) is 3.57. The predicted octanol–water partition coefficient (Wildman–Crippen LogP) is 1.99. The molecule has 5 heteroatoms. The zero-order chi connectivity index (χ0) is 12.4. The van der Waals surface area contributed by atoms with Crippen LogP contribution in [0.15, 0.2) is 18.2 Å². The molecule has 0 aromatic heterocycles. The summed E-state index contributed by atoms with van der Waals surface area (Å²) in [4.78, 5) is 13.9. The Bertz CT molecular complexity index is 439. The number of nitrogens with two attached hydrogens (primary N) is 1. The van der Waals surface area contributed by atoms with Gasteiger partial charge in [0.15, 0.2) is 0 Å². The molecule has 0 saturated carbocycles. The summed E-state index contributed by atoms with van der Waals surface area (Å²) in [5.41, 5.74) is 5.95. The topological polar surface area (TPSA) is 46.3 Å². The molecular weight excluding hydrogens is 239 g/mol. The van der Waals surface area contributed by atoms with Gasteiger partial charge in [0.25, 0.3) is 5.91 Å². The van der Waals surface area contributed by atoms with E-state index in [2.05, 4.69) is 6.92 Å². The summed E-state index contributed by atoms with van der Waals surface area (Å²) in [7, 11) is 0. The predicted molar refractivity (Wildman–Crippen MR) is 68.6 cm³/mol. The van der Waals surface area contributed by atoms with Gasteiger partial charge < -0.3 is 10.6 Å². The minimum atomic E-state index is -0.482. The number of carbonyl (C=O) groups excluding carboxylic acids is 1. The molecule has 92 valence electrons. The van der Waals surface area contributed by atoms with Crippen LogP contribution in [0.1, 0.15) is 17.3 Å². The van der Waals surface area contributed by atoms with Crippen LogP contribution in [0.25, 0.3) is 0 Å². The van der Waals surface area contributed by atoms with Gasteiger partial charge in [-0.25, -0.2) is 4.39 Å². The number of halogens is 1. The second kappa shape index (κ2) is 4.96. The Morgan fingerprint density at radius 3 is 3.00 bits per heavy atom. The molecule has 1 aliphatic rings. The fourth-order valence-electron chi connectivity index (χ4n) is 1.86. The minimum absolute atomic E-state index is 0.0234. The van der Waals surface area contributed by atoms with Gasteiger partial charge in [-0.15, -0.1) is 0 Å². The van der Waals surface area contributed by atoms with Crippen molar-refractivity contribution in [2.75, 3.05) is 24.6 Å². The Labute approximate surface area is 104 Å². The molecule has 3 nitrogen and oxygen atoms in total. The maximum absolute atomic E-state index is 13.0. The molecule has 1 amide bonds. The largest absolute Gasteiger partial charge is 0.396 e. The van der Waals surface area contributed by atoms with Gasteiger partial charge in [0.05, 0.1) is 5.69 Å². The molecule has 1 aromatic rings. The van der Waals surface area contributed by atoms with Crippen LogP contribution in [0.4, 0.5) is 10.1 Å². The van der Waals surface area contributed by atoms with E-state index < -0.39 is 5.82 Å². The van der Waals surface area contributed by atoms with Crippen molar-refractivity contribution >= 4 is 23.4 Å². The lowest BCUT2D eigenvalue weighted by Gasteiger charge is -2.30. The van der Waals surface area contributed by atoms with Crippen molar-refractivity contribution in [3.63, 3.8) is 0 Å². The highest BCUT2D eigenvalue weighted by Crippen LogP contribution is 2.20. The van der Waals surface area contributed by atoms with Crippen LogP contribution in [-0.4, -0.2) is 34.9 Å². The quantitative estimate of drug-likeness (QED) is 0.780. The molecule has 0 aliphatic carbocycles. The lowest BCUT2D eigenvalue weighted by atomic mass is 10.1. The monoisotopic (exact) mass is 254 g/mol. The number of amides is 1. The van der Waals surface area contributed by atoms with Crippen LogP contribution in [0.3, 0.4) is 0 Å². The number of carbonyl (C=O) groups is 1. The van der Waals surface area contributed by atoms with Crippen LogP contribution in [0.2, 0.25) is 0 Å². The van der Waals surface area contributed by atoms with Crippen LogP contribution < -0.4 is 5.73 Å². The van der Waals surface area contributed by atoms with Gasteiger partial charge >= 0.3 is 0 Å². The maximum Gasteiger partial charge on any atom is 0.253 e. The van der Waals surface area contributed by atoms with Crippen LogP contribution in [0.5, 0.6) is 0 Å². The summed E-state index contributed by atoms with van der Waals surface area (Å²) in [5.74, 6) is 0.400. The lowest BCUT2D eigenvalue weighted by Crippen LogP contribution is -2.41. The minimum Gasteiger partial charge on any atom is -0.396 e. The highest BCUT2D eigenvalue weighted by atomic mass is 32.2. The Hall–Kier alpha value is -1.23. The fraction of sp³-hybridized carbons (Fsp3) is 0.417.